The lowest BCUT2D eigenvalue weighted by atomic mass is 10.3. The standard InChI is InChI=1S/C25H23N5O4S/c1-3-16-33-19-12-14-21(15-13-19)35(31,32)29-18-8-10-20(11-9-18)34-25-24-28-27-17(2)30(24)23-7-5-4-6-22(23)26-25/h4-15,29H,3,16H2,1-2H3. The normalized spacial score (nSPS) is 11.6. The Morgan fingerprint density at radius 3 is 2.37 bits per heavy atom. The van der Waals surface area contributed by atoms with Gasteiger partial charge in [0.25, 0.3) is 15.9 Å². The largest absolute Gasteiger partial charge is 0.494 e. The van der Waals surface area contributed by atoms with Gasteiger partial charge in [-0.3, -0.25) is 9.12 Å². The Bertz CT molecular complexity index is 1600. The van der Waals surface area contributed by atoms with Crippen molar-refractivity contribution in [2.24, 2.45) is 0 Å². The average Bonchev–Trinajstić information content (AvgIpc) is 3.26. The summed E-state index contributed by atoms with van der Waals surface area (Å²) in [6.07, 6.45) is 0.877. The Labute approximate surface area is 202 Å². The fraction of sp³-hybridized carbons (Fsp3) is 0.160. The van der Waals surface area contributed by atoms with Crippen LogP contribution in [0.3, 0.4) is 0 Å². The van der Waals surface area contributed by atoms with Crippen molar-refractivity contribution in [3.05, 3.63) is 78.6 Å². The Morgan fingerprint density at radius 1 is 0.914 bits per heavy atom. The van der Waals surface area contributed by atoms with Crippen LogP contribution >= 0.6 is 0 Å². The molecule has 2 aromatic heterocycles. The van der Waals surface area contributed by atoms with Gasteiger partial charge < -0.3 is 9.47 Å². The molecule has 1 N–H and O–H groups in total. The first-order valence-corrected chi connectivity index (χ1v) is 12.6. The van der Waals surface area contributed by atoms with Gasteiger partial charge in [-0.25, -0.2) is 13.4 Å². The van der Waals surface area contributed by atoms with Crippen molar-refractivity contribution in [3.8, 4) is 17.4 Å². The van der Waals surface area contributed by atoms with Gasteiger partial charge in [-0.05, 0) is 74.0 Å². The zero-order valence-electron chi connectivity index (χ0n) is 19.2. The van der Waals surface area contributed by atoms with Crippen molar-refractivity contribution in [2.75, 3.05) is 11.3 Å². The molecule has 3 aromatic carbocycles. The number of nitrogens with one attached hydrogen (secondary N) is 1. The minimum absolute atomic E-state index is 0.145. The van der Waals surface area contributed by atoms with Gasteiger partial charge in [0.05, 0.1) is 22.5 Å². The maximum atomic E-state index is 12.8. The first-order valence-electron chi connectivity index (χ1n) is 11.1. The van der Waals surface area contributed by atoms with Crippen LogP contribution in [-0.4, -0.2) is 34.6 Å². The maximum absolute atomic E-state index is 12.8. The lowest BCUT2D eigenvalue weighted by molar-refractivity contribution is 0.317. The number of hydrogen-bond donors (Lipinski definition) is 1. The van der Waals surface area contributed by atoms with Crippen molar-refractivity contribution in [2.45, 2.75) is 25.2 Å². The second kappa shape index (κ2) is 9.22. The molecule has 0 amide bonds. The fourth-order valence-corrected chi connectivity index (χ4v) is 4.68. The van der Waals surface area contributed by atoms with E-state index in [0.29, 0.717) is 35.3 Å². The van der Waals surface area contributed by atoms with Crippen LogP contribution in [0.5, 0.6) is 17.4 Å². The van der Waals surface area contributed by atoms with Crippen molar-refractivity contribution in [3.63, 3.8) is 0 Å². The van der Waals surface area contributed by atoms with E-state index in [9.17, 15) is 8.42 Å². The van der Waals surface area contributed by atoms with Crippen molar-refractivity contribution in [1.29, 1.82) is 0 Å². The lowest BCUT2D eigenvalue weighted by Crippen LogP contribution is -2.12. The zero-order chi connectivity index (χ0) is 24.4. The van der Waals surface area contributed by atoms with Crippen LogP contribution < -0.4 is 14.2 Å². The third-order valence-electron chi connectivity index (χ3n) is 5.29. The Kier molecular flexibility index (Phi) is 5.96. The number of para-hydroxylation sites is 2. The lowest BCUT2D eigenvalue weighted by Gasteiger charge is -2.11. The fourth-order valence-electron chi connectivity index (χ4n) is 3.62. The molecule has 0 unspecified atom stereocenters. The van der Waals surface area contributed by atoms with Gasteiger partial charge >= 0.3 is 0 Å². The van der Waals surface area contributed by atoms with Crippen LogP contribution in [-0.2, 0) is 10.0 Å². The number of nitrogens with zero attached hydrogens (tertiary/aromatic N) is 4. The van der Waals surface area contributed by atoms with Crippen molar-refractivity contribution < 1.29 is 17.9 Å². The Hall–Kier alpha value is -4.18. The number of rotatable bonds is 8. The predicted molar refractivity (Wildman–Crippen MR) is 133 cm³/mol. The molecule has 35 heavy (non-hydrogen) atoms. The summed E-state index contributed by atoms with van der Waals surface area (Å²) < 4.78 is 41.5. The van der Waals surface area contributed by atoms with Gasteiger partial charge in [0.15, 0.2) is 0 Å². The summed E-state index contributed by atoms with van der Waals surface area (Å²) in [5.41, 5.74) is 2.52. The summed E-state index contributed by atoms with van der Waals surface area (Å²) in [4.78, 5) is 4.74. The molecule has 0 aliphatic carbocycles. The summed E-state index contributed by atoms with van der Waals surface area (Å²) in [6.45, 7) is 4.45. The summed E-state index contributed by atoms with van der Waals surface area (Å²) in [6, 6.07) is 20.6. The highest BCUT2D eigenvalue weighted by Gasteiger charge is 2.16. The summed E-state index contributed by atoms with van der Waals surface area (Å²) in [5.74, 6) is 2.14. The van der Waals surface area contributed by atoms with E-state index in [4.69, 9.17) is 9.47 Å². The zero-order valence-corrected chi connectivity index (χ0v) is 20.0. The molecule has 0 fully saturated rings. The molecule has 2 heterocycles. The molecule has 0 radical (unpaired) electrons. The smallest absolute Gasteiger partial charge is 0.266 e. The number of fused-ring (bicyclic) bond motifs is 3. The molecule has 0 saturated heterocycles. The molecule has 0 bridgehead atoms. The monoisotopic (exact) mass is 489 g/mol. The number of benzene rings is 3. The molecule has 0 saturated carbocycles. The van der Waals surface area contributed by atoms with E-state index in [1.165, 1.54) is 12.1 Å². The van der Waals surface area contributed by atoms with Crippen LogP contribution in [0.4, 0.5) is 5.69 Å². The molecule has 0 atom stereocenters. The second-order valence-corrected chi connectivity index (χ2v) is 9.55. The van der Waals surface area contributed by atoms with Gasteiger partial charge in [-0.2, -0.15) is 0 Å². The number of aromatic nitrogens is 4. The summed E-state index contributed by atoms with van der Waals surface area (Å²) in [5, 5.41) is 8.37. The quantitative estimate of drug-likeness (QED) is 0.328. The molecular weight excluding hydrogens is 466 g/mol. The highest BCUT2D eigenvalue weighted by atomic mass is 32.2. The SMILES string of the molecule is CCCOc1ccc(S(=O)(=O)Nc2ccc(Oc3nc4ccccc4n4c(C)nnc34)cc2)cc1. The van der Waals surface area contributed by atoms with E-state index in [2.05, 4.69) is 19.9 Å². The van der Waals surface area contributed by atoms with Crippen LogP contribution in [0.2, 0.25) is 0 Å². The number of sulfonamides is 1. The topological polar surface area (TPSA) is 108 Å². The minimum Gasteiger partial charge on any atom is -0.494 e. The number of ether oxygens (including phenoxy) is 2. The van der Waals surface area contributed by atoms with Crippen LogP contribution in [0, 0.1) is 6.92 Å². The molecule has 5 aromatic rings. The summed E-state index contributed by atoms with van der Waals surface area (Å²) >= 11 is 0. The van der Waals surface area contributed by atoms with E-state index in [1.807, 2.05) is 42.5 Å². The Morgan fingerprint density at radius 2 is 1.63 bits per heavy atom. The van der Waals surface area contributed by atoms with Gasteiger partial charge in [0, 0.05) is 5.69 Å². The van der Waals surface area contributed by atoms with Crippen molar-refractivity contribution >= 4 is 32.4 Å². The molecule has 10 heteroatoms. The molecule has 5 rings (SSSR count). The third kappa shape index (κ3) is 4.60. The number of hydrogen-bond acceptors (Lipinski definition) is 7. The molecule has 178 valence electrons. The maximum Gasteiger partial charge on any atom is 0.266 e. The van der Waals surface area contributed by atoms with E-state index in [0.717, 1.165) is 23.3 Å². The average molecular weight is 490 g/mol. The van der Waals surface area contributed by atoms with Gasteiger partial charge in [0.2, 0.25) is 5.65 Å². The first kappa shape index (κ1) is 22.6. The molecule has 9 nitrogen and oxygen atoms in total. The Balaban J connectivity index is 1.35. The first-order chi connectivity index (χ1) is 16.9. The van der Waals surface area contributed by atoms with Crippen LogP contribution in [0.25, 0.3) is 16.7 Å². The van der Waals surface area contributed by atoms with Crippen LogP contribution in [0.15, 0.2) is 77.7 Å². The van der Waals surface area contributed by atoms with Crippen LogP contribution in [0.1, 0.15) is 19.2 Å². The molecule has 0 spiro atoms. The molecular formula is C25H23N5O4S. The van der Waals surface area contributed by atoms with Gasteiger partial charge in [-0.1, -0.05) is 19.1 Å². The second-order valence-electron chi connectivity index (χ2n) is 7.86. The number of anilines is 1. The number of aryl methyl sites for hydroxylation is 1. The van der Waals surface area contributed by atoms with E-state index in [-0.39, 0.29) is 4.90 Å². The highest BCUT2D eigenvalue weighted by molar-refractivity contribution is 7.92. The van der Waals surface area contributed by atoms with Gasteiger partial charge in [0.1, 0.15) is 17.3 Å². The van der Waals surface area contributed by atoms with Crippen molar-refractivity contribution in [1.82, 2.24) is 19.6 Å². The minimum atomic E-state index is -3.75. The molecule has 0 aliphatic rings. The predicted octanol–water partition coefficient (Wildman–Crippen LogP) is 4.97. The summed E-state index contributed by atoms with van der Waals surface area (Å²) in [7, 11) is -3.75. The third-order valence-corrected chi connectivity index (χ3v) is 6.69. The van der Waals surface area contributed by atoms with E-state index in [1.54, 1.807) is 36.4 Å². The van der Waals surface area contributed by atoms with E-state index < -0.39 is 10.0 Å². The van der Waals surface area contributed by atoms with E-state index >= 15 is 0 Å². The van der Waals surface area contributed by atoms with Gasteiger partial charge in [-0.15, -0.1) is 10.2 Å². The highest BCUT2D eigenvalue weighted by Crippen LogP contribution is 2.28. The molecule has 0 aliphatic heterocycles.